The molecule has 0 amide bonds. The summed E-state index contributed by atoms with van der Waals surface area (Å²) in [5.41, 5.74) is 0.435. The van der Waals surface area contributed by atoms with E-state index in [1.54, 1.807) is 12.1 Å². The summed E-state index contributed by atoms with van der Waals surface area (Å²) < 4.78 is 1.72. The molecule has 8 heteroatoms. The van der Waals surface area contributed by atoms with Gasteiger partial charge in [-0.1, -0.05) is 41.7 Å². The summed E-state index contributed by atoms with van der Waals surface area (Å²) in [6.07, 6.45) is 3.20. The molecule has 2 heterocycles. The largest absolute Gasteiger partial charge is 0.507 e. The Bertz CT molecular complexity index is 1220. The van der Waals surface area contributed by atoms with Crippen LogP contribution in [0.3, 0.4) is 0 Å². The zero-order valence-electron chi connectivity index (χ0n) is 12.1. The van der Waals surface area contributed by atoms with E-state index in [9.17, 15) is 9.90 Å². The van der Waals surface area contributed by atoms with Crippen LogP contribution in [0.4, 0.5) is 0 Å². The molecular weight excluding hydrogens is 344 g/mol. The highest BCUT2D eigenvalue weighted by molar-refractivity contribution is 7.73. The molecule has 0 spiro atoms. The highest BCUT2D eigenvalue weighted by atomic mass is 32.1. The average molecular weight is 354 g/mol. The second kappa shape index (κ2) is 5.66. The highest BCUT2D eigenvalue weighted by Gasteiger charge is 2.08. The van der Waals surface area contributed by atoms with Crippen molar-refractivity contribution in [3.05, 3.63) is 62.0 Å². The maximum Gasteiger partial charge on any atom is 0.299 e. The van der Waals surface area contributed by atoms with Gasteiger partial charge in [0, 0.05) is 5.56 Å². The minimum absolute atomic E-state index is 0.133. The topological polar surface area (TPSA) is 83.3 Å². The van der Waals surface area contributed by atoms with Gasteiger partial charge in [-0.3, -0.25) is 9.89 Å². The molecule has 4 aromatic rings. The Hall–Kier alpha value is -2.84. The van der Waals surface area contributed by atoms with Gasteiger partial charge < -0.3 is 5.11 Å². The molecule has 0 aliphatic rings. The number of aromatic amines is 1. The molecule has 118 valence electrons. The van der Waals surface area contributed by atoms with Crippen LogP contribution in [0.15, 0.2) is 41.2 Å². The Labute approximate surface area is 144 Å². The Morgan fingerprint density at radius 3 is 2.88 bits per heavy atom. The zero-order valence-corrected chi connectivity index (χ0v) is 13.8. The van der Waals surface area contributed by atoms with Gasteiger partial charge in [0.25, 0.3) is 5.56 Å². The SMILES string of the molecule is O=c1c(/C=C/c2c(O)ccc3ccccc23)nnc2sc(=S)[nH]n12. The molecular formula is C16H10N4O2S2. The van der Waals surface area contributed by atoms with Crippen molar-refractivity contribution in [2.24, 2.45) is 0 Å². The van der Waals surface area contributed by atoms with Gasteiger partial charge in [0.1, 0.15) is 5.75 Å². The van der Waals surface area contributed by atoms with Crippen LogP contribution in [0, 0.1) is 3.95 Å². The fourth-order valence-corrected chi connectivity index (χ4v) is 3.39. The standard InChI is InChI=1S/C16H10N4O2S2/c21-13-8-5-9-3-1-2-4-10(9)11(13)6-7-12-14(22)20-15(18-17-12)24-16(23)19-20/h1-8,21H,(H,19,23)/b7-6+. The number of phenolic OH excluding ortho intramolecular Hbond substituents is 1. The van der Waals surface area contributed by atoms with Crippen LogP contribution >= 0.6 is 23.6 Å². The summed E-state index contributed by atoms with van der Waals surface area (Å²) in [4.78, 5) is 12.8. The van der Waals surface area contributed by atoms with Gasteiger partial charge in [0.15, 0.2) is 9.65 Å². The Morgan fingerprint density at radius 2 is 2.00 bits per heavy atom. The van der Waals surface area contributed by atoms with E-state index in [1.165, 1.54) is 21.9 Å². The van der Waals surface area contributed by atoms with Crippen LogP contribution in [0.25, 0.3) is 27.9 Å². The second-order valence-electron chi connectivity index (χ2n) is 5.06. The number of aromatic nitrogens is 4. The lowest BCUT2D eigenvalue weighted by Gasteiger charge is -2.04. The molecule has 0 saturated heterocycles. The van der Waals surface area contributed by atoms with Crippen LogP contribution in [0.5, 0.6) is 5.75 Å². The number of nitrogens with zero attached hydrogens (tertiary/aromatic N) is 3. The first-order valence-corrected chi connectivity index (χ1v) is 8.23. The second-order valence-corrected chi connectivity index (χ2v) is 6.71. The number of rotatable bonds is 2. The number of hydrogen-bond donors (Lipinski definition) is 2. The summed E-state index contributed by atoms with van der Waals surface area (Å²) in [5.74, 6) is 0.133. The van der Waals surface area contributed by atoms with E-state index in [1.807, 2.05) is 30.3 Å². The van der Waals surface area contributed by atoms with Crippen LogP contribution in [-0.4, -0.2) is 24.9 Å². The van der Waals surface area contributed by atoms with Gasteiger partial charge in [-0.25, -0.2) is 0 Å². The number of fused-ring (bicyclic) bond motifs is 2. The highest BCUT2D eigenvalue weighted by Crippen LogP contribution is 2.28. The molecule has 2 aromatic carbocycles. The molecule has 6 nitrogen and oxygen atoms in total. The number of H-pyrrole nitrogens is 1. The van der Waals surface area contributed by atoms with Crippen molar-refractivity contribution in [2.75, 3.05) is 0 Å². The predicted octanol–water partition coefficient (Wildman–Crippen LogP) is 3.24. The lowest BCUT2D eigenvalue weighted by Crippen LogP contribution is -2.19. The Balaban J connectivity index is 1.87. The molecule has 0 aliphatic carbocycles. The van der Waals surface area contributed by atoms with Crippen molar-refractivity contribution in [3.63, 3.8) is 0 Å². The fraction of sp³-hybridized carbons (Fsp3) is 0. The third-order valence-electron chi connectivity index (χ3n) is 3.60. The van der Waals surface area contributed by atoms with Crippen molar-refractivity contribution in [1.29, 1.82) is 0 Å². The van der Waals surface area contributed by atoms with Gasteiger partial charge >= 0.3 is 0 Å². The van der Waals surface area contributed by atoms with Crippen molar-refractivity contribution in [1.82, 2.24) is 19.8 Å². The summed E-state index contributed by atoms with van der Waals surface area (Å²) in [5, 5.41) is 22.7. The molecule has 4 rings (SSSR count). The van der Waals surface area contributed by atoms with E-state index in [4.69, 9.17) is 12.2 Å². The number of hydrogen-bond acceptors (Lipinski definition) is 6. The first kappa shape index (κ1) is 14.7. The fourth-order valence-electron chi connectivity index (χ4n) is 2.47. The normalized spacial score (nSPS) is 11.7. The molecule has 0 radical (unpaired) electrons. The molecule has 0 aliphatic heterocycles. The van der Waals surface area contributed by atoms with Crippen molar-refractivity contribution < 1.29 is 5.11 Å². The Kier molecular flexibility index (Phi) is 3.47. The summed E-state index contributed by atoms with van der Waals surface area (Å²) >= 11 is 6.19. The quantitative estimate of drug-likeness (QED) is 0.540. The van der Waals surface area contributed by atoms with Crippen LogP contribution in [0.1, 0.15) is 11.3 Å². The lowest BCUT2D eigenvalue weighted by molar-refractivity contribution is 0.475. The Morgan fingerprint density at radius 1 is 1.17 bits per heavy atom. The zero-order chi connectivity index (χ0) is 16.7. The lowest BCUT2D eigenvalue weighted by atomic mass is 10.0. The summed E-state index contributed by atoms with van der Waals surface area (Å²) in [6.45, 7) is 0. The monoisotopic (exact) mass is 354 g/mol. The van der Waals surface area contributed by atoms with Crippen molar-refractivity contribution in [3.8, 4) is 5.75 Å². The van der Waals surface area contributed by atoms with E-state index in [0.717, 1.165) is 10.8 Å². The first-order valence-electron chi connectivity index (χ1n) is 7.01. The van der Waals surface area contributed by atoms with Gasteiger partial charge in [0.2, 0.25) is 4.96 Å². The van der Waals surface area contributed by atoms with Crippen LogP contribution < -0.4 is 5.56 Å². The van der Waals surface area contributed by atoms with Crippen LogP contribution in [0.2, 0.25) is 0 Å². The number of aromatic hydroxyl groups is 1. The van der Waals surface area contributed by atoms with E-state index in [-0.39, 0.29) is 17.0 Å². The van der Waals surface area contributed by atoms with Gasteiger partial charge in [0.05, 0.1) is 0 Å². The minimum atomic E-state index is -0.344. The van der Waals surface area contributed by atoms with E-state index < -0.39 is 0 Å². The molecule has 24 heavy (non-hydrogen) atoms. The molecule has 2 aromatic heterocycles. The van der Waals surface area contributed by atoms with Crippen molar-refractivity contribution >= 4 is 51.4 Å². The van der Waals surface area contributed by atoms with Gasteiger partial charge in [-0.05, 0) is 41.2 Å². The number of phenols is 1. The summed E-state index contributed by atoms with van der Waals surface area (Å²) in [7, 11) is 0. The maximum atomic E-state index is 12.4. The van der Waals surface area contributed by atoms with Crippen molar-refractivity contribution in [2.45, 2.75) is 0 Å². The minimum Gasteiger partial charge on any atom is -0.507 e. The average Bonchev–Trinajstić information content (AvgIpc) is 2.97. The molecule has 0 bridgehead atoms. The predicted molar refractivity (Wildman–Crippen MR) is 96.9 cm³/mol. The molecule has 0 saturated carbocycles. The number of nitrogens with one attached hydrogen (secondary N) is 1. The van der Waals surface area contributed by atoms with Gasteiger partial charge in [-0.2, -0.15) is 4.52 Å². The molecule has 0 fully saturated rings. The van der Waals surface area contributed by atoms with Crippen LogP contribution in [-0.2, 0) is 0 Å². The molecule has 0 atom stereocenters. The maximum absolute atomic E-state index is 12.4. The van der Waals surface area contributed by atoms with Gasteiger partial charge in [-0.15, -0.1) is 10.2 Å². The third-order valence-corrected chi connectivity index (χ3v) is 4.66. The molecule has 2 N–H and O–H groups in total. The summed E-state index contributed by atoms with van der Waals surface area (Å²) in [6, 6.07) is 11.2. The molecule has 0 unspecified atom stereocenters. The van der Waals surface area contributed by atoms with E-state index in [2.05, 4.69) is 15.3 Å². The first-order chi connectivity index (χ1) is 11.6. The van der Waals surface area contributed by atoms with E-state index >= 15 is 0 Å². The number of benzene rings is 2. The van der Waals surface area contributed by atoms with E-state index in [0.29, 0.717) is 14.5 Å². The third kappa shape index (κ3) is 2.41. The smallest absolute Gasteiger partial charge is 0.299 e.